The number of benzene rings is 2. The average molecular weight is 493 g/mol. The lowest BCUT2D eigenvalue weighted by Crippen LogP contribution is -2.31. The Bertz CT molecular complexity index is 1140. The van der Waals surface area contributed by atoms with Crippen LogP contribution >= 0.6 is 15.9 Å². The fraction of sp³-hybridized carbons (Fsp3) is 0.143. The lowest BCUT2D eigenvalue weighted by atomic mass is 10.2. The highest BCUT2D eigenvalue weighted by atomic mass is 79.9. The minimum Gasteiger partial charge on any atom is -0.465 e. The van der Waals surface area contributed by atoms with Crippen LogP contribution in [0.15, 0.2) is 76.2 Å². The van der Waals surface area contributed by atoms with Crippen LogP contribution in [0.25, 0.3) is 0 Å². The summed E-state index contributed by atoms with van der Waals surface area (Å²) in [5.74, 6) is -1.09. The van der Waals surface area contributed by atoms with Gasteiger partial charge in [-0.25, -0.2) is 17.6 Å². The number of carbonyl (C=O) groups excluding carboxylic acids is 1. The number of esters is 1. The highest BCUT2D eigenvalue weighted by Crippen LogP contribution is 2.24. The third-order valence-electron chi connectivity index (χ3n) is 4.34. The molecule has 0 bridgehead atoms. The van der Waals surface area contributed by atoms with Gasteiger partial charge in [-0.3, -0.25) is 4.98 Å². The first-order valence-electron chi connectivity index (χ1n) is 8.83. The summed E-state index contributed by atoms with van der Waals surface area (Å²) in [5.41, 5.74) is 0.973. The first-order valence-corrected chi connectivity index (χ1v) is 11.1. The number of halogens is 2. The Hall–Kier alpha value is -2.62. The van der Waals surface area contributed by atoms with Gasteiger partial charge in [-0.05, 0) is 48.5 Å². The van der Waals surface area contributed by atoms with E-state index in [4.69, 9.17) is 0 Å². The normalized spacial score (nSPS) is 11.5. The first-order chi connectivity index (χ1) is 14.3. The third-order valence-corrected chi connectivity index (χ3v) is 6.64. The van der Waals surface area contributed by atoms with Crippen LogP contribution in [0, 0.1) is 5.82 Å². The van der Waals surface area contributed by atoms with Crippen LogP contribution in [0.4, 0.5) is 4.39 Å². The van der Waals surface area contributed by atoms with Crippen LogP contribution in [-0.4, -0.2) is 30.8 Å². The maximum Gasteiger partial charge on any atom is 0.337 e. The van der Waals surface area contributed by atoms with Crippen molar-refractivity contribution in [3.8, 4) is 0 Å². The van der Waals surface area contributed by atoms with Crippen molar-refractivity contribution < 1.29 is 22.3 Å². The van der Waals surface area contributed by atoms with Crippen molar-refractivity contribution in [1.82, 2.24) is 9.29 Å². The summed E-state index contributed by atoms with van der Waals surface area (Å²) in [6.45, 7) is -0.228. The second kappa shape index (κ2) is 9.46. The molecule has 0 radical (unpaired) electrons. The van der Waals surface area contributed by atoms with Crippen LogP contribution in [0.5, 0.6) is 0 Å². The predicted molar refractivity (Wildman–Crippen MR) is 113 cm³/mol. The summed E-state index contributed by atoms with van der Waals surface area (Å²) in [5, 5.41) is 0. The SMILES string of the molecule is COC(=O)c1ccc(S(=O)(=O)N(Cc2ccccn2)Cc2ccc(Br)cc2F)cc1. The van der Waals surface area contributed by atoms with Crippen LogP contribution in [-0.2, 0) is 27.8 Å². The van der Waals surface area contributed by atoms with E-state index < -0.39 is 21.8 Å². The molecule has 1 heterocycles. The van der Waals surface area contributed by atoms with Crippen molar-refractivity contribution in [2.45, 2.75) is 18.0 Å². The molecule has 9 heteroatoms. The van der Waals surface area contributed by atoms with Crippen molar-refractivity contribution in [1.29, 1.82) is 0 Å². The van der Waals surface area contributed by atoms with Crippen molar-refractivity contribution in [2.75, 3.05) is 7.11 Å². The molecule has 0 aliphatic rings. The summed E-state index contributed by atoms with van der Waals surface area (Å²) in [6.07, 6.45) is 1.56. The number of ether oxygens (including phenoxy) is 1. The Morgan fingerprint density at radius 2 is 1.83 bits per heavy atom. The Morgan fingerprint density at radius 3 is 2.43 bits per heavy atom. The van der Waals surface area contributed by atoms with Crippen LogP contribution in [0.1, 0.15) is 21.6 Å². The first kappa shape index (κ1) is 22.1. The monoisotopic (exact) mass is 492 g/mol. The van der Waals surface area contributed by atoms with Gasteiger partial charge in [0.15, 0.2) is 0 Å². The van der Waals surface area contributed by atoms with E-state index >= 15 is 0 Å². The van der Waals surface area contributed by atoms with E-state index in [0.717, 1.165) is 4.31 Å². The molecule has 2 aromatic carbocycles. The van der Waals surface area contributed by atoms with E-state index in [-0.39, 0.29) is 29.1 Å². The Balaban J connectivity index is 1.98. The van der Waals surface area contributed by atoms with E-state index in [0.29, 0.717) is 10.2 Å². The van der Waals surface area contributed by atoms with Gasteiger partial charge in [-0.2, -0.15) is 4.31 Å². The molecule has 0 saturated carbocycles. The molecule has 0 N–H and O–H groups in total. The lowest BCUT2D eigenvalue weighted by Gasteiger charge is -2.22. The second-order valence-electron chi connectivity index (χ2n) is 6.35. The van der Waals surface area contributed by atoms with E-state index in [1.807, 2.05) is 0 Å². The van der Waals surface area contributed by atoms with Crippen molar-refractivity contribution in [3.05, 3.63) is 94.0 Å². The molecule has 0 amide bonds. The predicted octanol–water partition coefficient (Wildman–Crippen LogP) is 4.16. The highest BCUT2D eigenvalue weighted by Gasteiger charge is 2.26. The zero-order chi connectivity index (χ0) is 21.7. The van der Waals surface area contributed by atoms with Crippen molar-refractivity contribution >= 4 is 31.9 Å². The molecule has 30 heavy (non-hydrogen) atoms. The number of hydrogen-bond donors (Lipinski definition) is 0. The third kappa shape index (κ3) is 5.10. The molecule has 6 nitrogen and oxygen atoms in total. The lowest BCUT2D eigenvalue weighted by molar-refractivity contribution is 0.0600. The quantitative estimate of drug-likeness (QED) is 0.462. The fourth-order valence-electron chi connectivity index (χ4n) is 2.77. The number of nitrogens with zero attached hydrogens (tertiary/aromatic N) is 2. The number of hydrogen-bond acceptors (Lipinski definition) is 5. The van der Waals surface area contributed by atoms with Gasteiger partial charge in [0.05, 0.1) is 29.8 Å². The standard InChI is InChI=1S/C21H18BrFN2O4S/c1-29-21(26)15-6-9-19(10-7-15)30(27,28)25(14-18-4-2-3-11-24-18)13-16-5-8-17(22)12-20(16)23/h2-12H,13-14H2,1H3. The van der Waals surface area contributed by atoms with Gasteiger partial charge in [-0.1, -0.05) is 28.1 Å². The minimum atomic E-state index is -4.01. The number of aromatic nitrogens is 1. The zero-order valence-corrected chi connectivity index (χ0v) is 18.4. The molecular weight excluding hydrogens is 475 g/mol. The molecule has 3 rings (SSSR count). The van der Waals surface area contributed by atoms with Gasteiger partial charge in [0, 0.05) is 22.8 Å². The number of sulfonamides is 1. The molecule has 1 aromatic heterocycles. The van der Waals surface area contributed by atoms with Gasteiger partial charge >= 0.3 is 5.97 Å². The molecule has 0 aliphatic heterocycles. The van der Waals surface area contributed by atoms with E-state index in [2.05, 4.69) is 25.7 Å². The molecule has 156 valence electrons. The second-order valence-corrected chi connectivity index (χ2v) is 9.20. The molecule has 0 saturated heterocycles. The summed E-state index contributed by atoms with van der Waals surface area (Å²) in [7, 11) is -2.77. The average Bonchev–Trinajstić information content (AvgIpc) is 2.75. The molecular formula is C21H18BrFN2O4S. The Labute approximate surface area is 182 Å². The summed E-state index contributed by atoms with van der Waals surface area (Å²) >= 11 is 3.20. The largest absolute Gasteiger partial charge is 0.465 e. The number of rotatable bonds is 7. The highest BCUT2D eigenvalue weighted by molar-refractivity contribution is 9.10. The molecule has 0 unspecified atom stereocenters. The molecule has 0 atom stereocenters. The summed E-state index contributed by atoms with van der Waals surface area (Å²) < 4.78 is 47.4. The van der Waals surface area contributed by atoms with Gasteiger partial charge < -0.3 is 4.74 Å². The fourth-order valence-corrected chi connectivity index (χ4v) is 4.49. The summed E-state index contributed by atoms with van der Waals surface area (Å²) in [4.78, 5) is 15.8. The zero-order valence-electron chi connectivity index (χ0n) is 16.0. The van der Waals surface area contributed by atoms with Crippen LogP contribution in [0.2, 0.25) is 0 Å². The van der Waals surface area contributed by atoms with E-state index in [1.165, 1.54) is 43.5 Å². The van der Waals surface area contributed by atoms with Crippen LogP contribution in [0.3, 0.4) is 0 Å². The van der Waals surface area contributed by atoms with Crippen molar-refractivity contribution in [2.24, 2.45) is 0 Å². The van der Waals surface area contributed by atoms with Crippen LogP contribution < -0.4 is 0 Å². The van der Waals surface area contributed by atoms with Crippen molar-refractivity contribution in [3.63, 3.8) is 0 Å². The molecule has 0 fully saturated rings. The van der Waals surface area contributed by atoms with Gasteiger partial charge in [0.1, 0.15) is 5.82 Å². The minimum absolute atomic E-state index is 0.0244. The number of pyridine rings is 1. The molecule has 0 aliphatic carbocycles. The Kier molecular flexibility index (Phi) is 6.96. The molecule has 3 aromatic rings. The van der Waals surface area contributed by atoms with E-state index in [1.54, 1.807) is 30.5 Å². The maximum absolute atomic E-state index is 14.4. The number of carbonyl (C=O) groups is 1. The Morgan fingerprint density at radius 1 is 1.10 bits per heavy atom. The topological polar surface area (TPSA) is 76.6 Å². The van der Waals surface area contributed by atoms with E-state index in [9.17, 15) is 17.6 Å². The van der Waals surface area contributed by atoms with Gasteiger partial charge in [-0.15, -0.1) is 0 Å². The maximum atomic E-state index is 14.4. The smallest absolute Gasteiger partial charge is 0.337 e. The van der Waals surface area contributed by atoms with Gasteiger partial charge in [0.25, 0.3) is 0 Å². The summed E-state index contributed by atoms with van der Waals surface area (Å²) in [6, 6.07) is 15.0. The molecule has 0 spiro atoms. The van der Waals surface area contributed by atoms with Gasteiger partial charge in [0.2, 0.25) is 10.0 Å². The number of methoxy groups -OCH3 is 1.